The second kappa shape index (κ2) is 15.1. The molecule has 186 valence electrons. The molecule has 0 rings (SSSR count). The minimum atomic E-state index is -1.31. The third-order valence-corrected chi connectivity index (χ3v) is 5.79. The van der Waals surface area contributed by atoms with Gasteiger partial charge in [0.1, 0.15) is 18.1 Å². The molecule has 11 heteroatoms. The van der Waals surface area contributed by atoms with E-state index in [9.17, 15) is 29.4 Å². The van der Waals surface area contributed by atoms with Crippen molar-refractivity contribution in [1.29, 1.82) is 0 Å². The fourth-order valence-corrected chi connectivity index (χ4v) is 3.45. The van der Waals surface area contributed by atoms with Gasteiger partial charge in [-0.05, 0) is 43.6 Å². The number of aliphatic carboxylic acids is 1. The van der Waals surface area contributed by atoms with E-state index in [1.807, 2.05) is 27.0 Å². The van der Waals surface area contributed by atoms with Gasteiger partial charge in [0.05, 0.1) is 12.1 Å². The fraction of sp³-hybridized carbons (Fsp3) is 0.810. The lowest BCUT2D eigenvalue weighted by Gasteiger charge is -2.29. The largest absolute Gasteiger partial charge is 0.480 e. The molecule has 32 heavy (non-hydrogen) atoms. The Hall–Kier alpha value is -1.85. The molecular weight excluding hydrogens is 436 g/mol. The molecule has 6 atom stereocenters. The van der Waals surface area contributed by atoms with E-state index < -0.39 is 54.0 Å². The SMILES string of the molecule is CCC(C)C(NC(=O)C(NC(=O)C(N)CC(C)C)C(C)O)C(=O)NC(CCSC)C(=O)O. The molecule has 0 aliphatic rings. The van der Waals surface area contributed by atoms with E-state index in [2.05, 4.69) is 16.0 Å². The van der Waals surface area contributed by atoms with Crippen molar-refractivity contribution >= 4 is 35.5 Å². The van der Waals surface area contributed by atoms with Crippen molar-refractivity contribution in [1.82, 2.24) is 16.0 Å². The number of rotatable bonds is 15. The molecule has 6 unspecified atom stereocenters. The molecule has 10 nitrogen and oxygen atoms in total. The summed E-state index contributed by atoms with van der Waals surface area (Å²) in [5, 5.41) is 26.9. The van der Waals surface area contributed by atoms with Crippen molar-refractivity contribution in [3.63, 3.8) is 0 Å². The van der Waals surface area contributed by atoms with E-state index in [1.54, 1.807) is 6.92 Å². The number of carbonyl (C=O) groups is 4. The maximum absolute atomic E-state index is 12.9. The van der Waals surface area contributed by atoms with Gasteiger partial charge in [0.25, 0.3) is 0 Å². The summed E-state index contributed by atoms with van der Waals surface area (Å²) in [6.45, 7) is 8.74. The predicted molar refractivity (Wildman–Crippen MR) is 125 cm³/mol. The Morgan fingerprint density at radius 2 is 1.47 bits per heavy atom. The van der Waals surface area contributed by atoms with Crippen molar-refractivity contribution in [3.05, 3.63) is 0 Å². The average Bonchev–Trinajstić information content (AvgIpc) is 2.70. The number of carbonyl (C=O) groups excluding carboxylic acids is 3. The molecule has 0 aliphatic heterocycles. The number of thioether (sulfide) groups is 1. The first-order valence-corrected chi connectivity index (χ1v) is 12.3. The van der Waals surface area contributed by atoms with Crippen LogP contribution in [0.1, 0.15) is 53.9 Å². The van der Waals surface area contributed by atoms with Gasteiger partial charge < -0.3 is 31.9 Å². The molecule has 0 saturated carbocycles. The molecule has 0 spiro atoms. The quantitative estimate of drug-likeness (QED) is 0.193. The molecule has 0 bridgehead atoms. The van der Waals surface area contributed by atoms with E-state index >= 15 is 0 Å². The van der Waals surface area contributed by atoms with Crippen LogP contribution in [0.5, 0.6) is 0 Å². The number of nitrogens with one attached hydrogen (secondary N) is 3. The van der Waals surface area contributed by atoms with E-state index in [1.165, 1.54) is 18.7 Å². The van der Waals surface area contributed by atoms with E-state index in [0.29, 0.717) is 18.6 Å². The zero-order valence-electron chi connectivity index (χ0n) is 19.9. The van der Waals surface area contributed by atoms with Gasteiger partial charge in [-0.1, -0.05) is 34.1 Å². The van der Waals surface area contributed by atoms with Crippen LogP contribution in [0.25, 0.3) is 0 Å². The van der Waals surface area contributed by atoms with Gasteiger partial charge in [0, 0.05) is 0 Å². The Balaban J connectivity index is 5.43. The van der Waals surface area contributed by atoms with Gasteiger partial charge >= 0.3 is 5.97 Å². The zero-order chi connectivity index (χ0) is 25.0. The van der Waals surface area contributed by atoms with Crippen molar-refractivity contribution < 1.29 is 29.4 Å². The molecule has 0 aromatic carbocycles. The Labute approximate surface area is 194 Å². The Morgan fingerprint density at radius 1 is 0.938 bits per heavy atom. The van der Waals surface area contributed by atoms with Gasteiger partial charge in [0.2, 0.25) is 17.7 Å². The number of hydrogen-bond acceptors (Lipinski definition) is 7. The molecule has 0 heterocycles. The lowest BCUT2D eigenvalue weighted by atomic mass is 9.97. The molecule has 0 aromatic rings. The smallest absolute Gasteiger partial charge is 0.326 e. The van der Waals surface area contributed by atoms with Gasteiger partial charge in [-0.15, -0.1) is 0 Å². The van der Waals surface area contributed by atoms with Gasteiger partial charge in [-0.3, -0.25) is 14.4 Å². The first kappa shape index (κ1) is 30.1. The second-order valence-electron chi connectivity index (χ2n) is 8.52. The maximum Gasteiger partial charge on any atom is 0.326 e. The fourth-order valence-electron chi connectivity index (χ4n) is 2.98. The lowest BCUT2D eigenvalue weighted by molar-refractivity contribution is -0.142. The van der Waals surface area contributed by atoms with Crippen LogP contribution in [-0.4, -0.2) is 76.2 Å². The number of carboxylic acids is 1. The summed E-state index contributed by atoms with van der Waals surface area (Å²) < 4.78 is 0. The Bertz CT molecular complexity index is 631. The van der Waals surface area contributed by atoms with Crippen LogP contribution in [0.15, 0.2) is 0 Å². The van der Waals surface area contributed by atoms with Crippen LogP contribution >= 0.6 is 11.8 Å². The molecule has 0 aliphatic carbocycles. The summed E-state index contributed by atoms with van der Waals surface area (Å²) in [7, 11) is 0. The zero-order valence-corrected chi connectivity index (χ0v) is 20.7. The first-order valence-electron chi connectivity index (χ1n) is 10.9. The van der Waals surface area contributed by atoms with Gasteiger partial charge in [0.15, 0.2) is 0 Å². The summed E-state index contributed by atoms with van der Waals surface area (Å²) >= 11 is 1.46. The number of hydrogen-bond donors (Lipinski definition) is 6. The third kappa shape index (κ3) is 10.6. The molecule has 0 radical (unpaired) electrons. The standard InChI is InChI=1S/C21H40N4O6S/c1-7-12(4)16(19(28)23-15(21(30)31)8-9-32-6)24-20(29)17(13(5)26)25-18(27)14(22)10-11(2)3/h11-17,26H,7-10,22H2,1-6H3,(H,23,28)(H,24,29)(H,25,27)(H,30,31). The van der Waals surface area contributed by atoms with E-state index in [-0.39, 0.29) is 18.3 Å². The molecular formula is C21H40N4O6S. The Morgan fingerprint density at radius 3 is 1.91 bits per heavy atom. The van der Waals surface area contributed by atoms with E-state index in [4.69, 9.17) is 5.73 Å². The summed E-state index contributed by atoms with van der Waals surface area (Å²) in [4.78, 5) is 49.5. The van der Waals surface area contributed by atoms with Crippen molar-refractivity contribution in [3.8, 4) is 0 Å². The van der Waals surface area contributed by atoms with Crippen molar-refractivity contribution in [2.24, 2.45) is 17.6 Å². The molecule has 0 fully saturated rings. The van der Waals surface area contributed by atoms with Crippen LogP contribution < -0.4 is 21.7 Å². The normalized spacial score (nSPS) is 16.9. The predicted octanol–water partition coefficient (Wildman–Crippen LogP) is 0.0788. The highest BCUT2D eigenvalue weighted by Gasteiger charge is 2.34. The van der Waals surface area contributed by atoms with Crippen LogP contribution in [0.3, 0.4) is 0 Å². The highest BCUT2D eigenvalue weighted by molar-refractivity contribution is 7.98. The summed E-state index contributed by atoms with van der Waals surface area (Å²) in [5.74, 6) is -2.72. The monoisotopic (exact) mass is 476 g/mol. The van der Waals surface area contributed by atoms with E-state index in [0.717, 1.165) is 0 Å². The molecule has 3 amide bonds. The third-order valence-electron chi connectivity index (χ3n) is 5.14. The van der Waals surface area contributed by atoms with Crippen LogP contribution in [-0.2, 0) is 19.2 Å². The summed E-state index contributed by atoms with van der Waals surface area (Å²) in [6, 6.07) is -4.27. The van der Waals surface area contributed by atoms with Gasteiger partial charge in [-0.2, -0.15) is 11.8 Å². The Kier molecular flexibility index (Phi) is 14.2. The minimum absolute atomic E-state index is 0.168. The summed E-state index contributed by atoms with van der Waals surface area (Å²) in [5.41, 5.74) is 5.86. The van der Waals surface area contributed by atoms with Gasteiger partial charge in [-0.25, -0.2) is 4.79 Å². The maximum atomic E-state index is 12.9. The van der Waals surface area contributed by atoms with Crippen LogP contribution in [0.2, 0.25) is 0 Å². The number of carboxylic acid groups (broad SMARTS) is 1. The first-order chi connectivity index (χ1) is 14.8. The highest BCUT2D eigenvalue weighted by Crippen LogP contribution is 2.11. The highest BCUT2D eigenvalue weighted by atomic mass is 32.2. The summed E-state index contributed by atoms with van der Waals surface area (Å²) in [6.07, 6.45) is 1.78. The number of nitrogens with two attached hydrogens (primary N) is 1. The topological polar surface area (TPSA) is 171 Å². The van der Waals surface area contributed by atoms with Crippen molar-refractivity contribution in [2.75, 3.05) is 12.0 Å². The van der Waals surface area contributed by atoms with Crippen LogP contribution in [0, 0.1) is 11.8 Å². The molecule has 0 saturated heterocycles. The number of aliphatic hydroxyl groups is 1. The van der Waals surface area contributed by atoms with Crippen LogP contribution in [0.4, 0.5) is 0 Å². The molecule has 0 aromatic heterocycles. The lowest BCUT2D eigenvalue weighted by Crippen LogP contribution is -2.61. The average molecular weight is 477 g/mol. The number of amides is 3. The minimum Gasteiger partial charge on any atom is -0.480 e. The second-order valence-corrected chi connectivity index (χ2v) is 9.50. The molecule has 7 N–H and O–H groups in total. The number of aliphatic hydroxyl groups excluding tert-OH is 1. The van der Waals surface area contributed by atoms with Crippen molar-refractivity contribution in [2.45, 2.75) is 84.2 Å².